The molecule has 2 atom stereocenters. The maximum Gasteiger partial charge on any atom is 0.0299 e. The van der Waals surface area contributed by atoms with Gasteiger partial charge in [0.2, 0.25) is 0 Å². The quantitative estimate of drug-likeness (QED) is 0.896. The van der Waals surface area contributed by atoms with Crippen molar-refractivity contribution in [3.63, 3.8) is 0 Å². The van der Waals surface area contributed by atoms with Crippen molar-refractivity contribution in [3.05, 3.63) is 21.4 Å². The van der Waals surface area contributed by atoms with Gasteiger partial charge in [0, 0.05) is 46.4 Å². The minimum absolute atomic E-state index is 0.768. The summed E-state index contributed by atoms with van der Waals surface area (Å²) in [5.41, 5.74) is 1.53. The number of hydrogen-bond donors (Lipinski definition) is 1. The topological polar surface area (TPSA) is 15.3 Å². The molecule has 1 fully saturated rings. The Morgan fingerprint density at radius 2 is 2.00 bits per heavy atom. The van der Waals surface area contributed by atoms with E-state index in [0.717, 1.165) is 30.1 Å². The van der Waals surface area contributed by atoms with Crippen LogP contribution in [0.3, 0.4) is 0 Å². The fourth-order valence-corrected chi connectivity index (χ4v) is 5.14. The average molecular weight is 299 g/mol. The number of aryl methyl sites for hydroxylation is 1. The Hall–Kier alpha value is -0.0300. The lowest BCUT2D eigenvalue weighted by Gasteiger charge is -2.34. The van der Waals surface area contributed by atoms with Gasteiger partial charge in [-0.1, -0.05) is 20.8 Å². The molecule has 0 amide bonds. The normalized spacial score (nSPS) is 24.8. The molecule has 0 saturated carbocycles. The van der Waals surface area contributed by atoms with Gasteiger partial charge >= 0.3 is 0 Å². The molecular formula is C15H26N2S2. The Balaban J connectivity index is 1.96. The summed E-state index contributed by atoms with van der Waals surface area (Å²) in [5.74, 6) is 0. The van der Waals surface area contributed by atoms with Crippen molar-refractivity contribution in [2.45, 2.75) is 51.3 Å². The van der Waals surface area contributed by atoms with Gasteiger partial charge in [-0.3, -0.25) is 4.90 Å². The molecule has 0 aliphatic carbocycles. The third kappa shape index (κ3) is 4.48. The molecule has 2 heterocycles. The van der Waals surface area contributed by atoms with Crippen LogP contribution in [0.5, 0.6) is 0 Å². The third-order valence-corrected chi connectivity index (χ3v) is 5.83. The van der Waals surface area contributed by atoms with Crippen molar-refractivity contribution in [2.24, 2.45) is 0 Å². The highest BCUT2D eigenvalue weighted by Crippen LogP contribution is 2.28. The first-order valence-electron chi connectivity index (χ1n) is 7.25. The van der Waals surface area contributed by atoms with Crippen molar-refractivity contribution >= 4 is 23.1 Å². The van der Waals surface area contributed by atoms with Crippen LogP contribution in [0.4, 0.5) is 0 Å². The standard InChI is InChI=1S/C15H26N2S2/c1-5-16-7-15-6-14(13(4)19-15)10-17-8-11(2)18-12(3)9-17/h6,11-12,16H,5,7-10H2,1-4H3. The summed E-state index contributed by atoms with van der Waals surface area (Å²) in [4.78, 5) is 5.59. The molecule has 0 radical (unpaired) electrons. The molecule has 2 rings (SSSR count). The van der Waals surface area contributed by atoms with Gasteiger partial charge < -0.3 is 5.32 Å². The Bertz CT molecular complexity index is 393. The lowest BCUT2D eigenvalue weighted by Crippen LogP contribution is -2.39. The van der Waals surface area contributed by atoms with E-state index < -0.39 is 0 Å². The van der Waals surface area contributed by atoms with E-state index in [-0.39, 0.29) is 0 Å². The first-order valence-corrected chi connectivity index (χ1v) is 9.01. The maximum atomic E-state index is 3.42. The largest absolute Gasteiger partial charge is 0.312 e. The highest BCUT2D eigenvalue weighted by molar-refractivity contribution is 8.00. The van der Waals surface area contributed by atoms with E-state index in [1.165, 1.54) is 28.4 Å². The van der Waals surface area contributed by atoms with E-state index in [9.17, 15) is 0 Å². The zero-order chi connectivity index (χ0) is 13.8. The Labute approximate surface area is 126 Å². The van der Waals surface area contributed by atoms with E-state index in [4.69, 9.17) is 0 Å². The lowest BCUT2D eigenvalue weighted by atomic mass is 10.2. The molecular weight excluding hydrogens is 272 g/mol. The minimum Gasteiger partial charge on any atom is -0.312 e. The van der Waals surface area contributed by atoms with Gasteiger partial charge in [-0.2, -0.15) is 11.8 Å². The monoisotopic (exact) mass is 298 g/mol. The van der Waals surface area contributed by atoms with Crippen LogP contribution in [-0.2, 0) is 13.1 Å². The molecule has 2 nitrogen and oxygen atoms in total. The first-order chi connectivity index (χ1) is 9.08. The third-order valence-electron chi connectivity index (χ3n) is 3.51. The van der Waals surface area contributed by atoms with E-state index in [1.54, 1.807) is 0 Å². The predicted octanol–water partition coefficient (Wildman–Crippen LogP) is 3.49. The summed E-state index contributed by atoms with van der Waals surface area (Å²) in [6.07, 6.45) is 0. The van der Waals surface area contributed by atoms with Crippen molar-refractivity contribution in [1.29, 1.82) is 0 Å². The molecule has 1 aromatic heterocycles. The second-order valence-corrected chi connectivity index (χ2v) is 8.75. The molecule has 4 heteroatoms. The highest BCUT2D eigenvalue weighted by atomic mass is 32.2. The van der Waals surface area contributed by atoms with Gasteiger partial charge in [-0.05, 0) is 25.1 Å². The van der Waals surface area contributed by atoms with Crippen molar-refractivity contribution < 1.29 is 0 Å². The molecule has 2 unspecified atom stereocenters. The van der Waals surface area contributed by atoms with Crippen LogP contribution < -0.4 is 5.32 Å². The molecule has 0 spiro atoms. The first kappa shape index (κ1) is 15.4. The zero-order valence-electron chi connectivity index (χ0n) is 12.5. The SMILES string of the molecule is CCNCc1cc(CN2CC(C)SC(C)C2)c(C)s1. The molecule has 19 heavy (non-hydrogen) atoms. The van der Waals surface area contributed by atoms with Crippen molar-refractivity contribution in [3.8, 4) is 0 Å². The molecule has 108 valence electrons. The smallest absolute Gasteiger partial charge is 0.0299 e. The molecule has 1 N–H and O–H groups in total. The van der Waals surface area contributed by atoms with Crippen LogP contribution >= 0.6 is 23.1 Å². The highest BCUT2D eigenvalue weighted by Gasteiger charge is 2.22. The van der Waals surface area contributed by atoms with Crippen LogP contribution in [-0.4, -0.2) is 35.0 Å². The molecule has 1 saturated heterocycles. The maximum absolute atomic E-state index is 3.42. The van der Waals surface area contributed by atoms with Crippen LogP contribution in [0, 0.1) is 6.92 Å². The van der Waals surface area contributed by atoms with E-state index >= 15 is 0 Å². The number of nitrogens with one attached hydrogen (secondary N) is 1. The second-order valence-electron chi connectivity index (χ2n) is 5.53. The predicted molar refractivity (Wildman–Crippen MR) is 88.2 cm³/mol. The summed E-state index contributed by atoms with van der Waals surface area (Å²) >= 11 is 4.08. The van der Waals surface area contributed by atoms with Gasteiger partial charge in [0.1, 0.15) is 0 Å². The van der Waals surface area contributed by atoms with Gasteiger partial charge in [0.15, 0.2) is 0 Å². The summed E-state index contributed by atoms with van der Waals surface area (Å²) in [6, 6.07) is 2.40. The van der Waals surface area contributed by atoms with E-state index in [0.29, 0.717) is 0 Å². The van der Waals surface area contributed by atoms with E-state index in [1.807, 2.05) is 11.3 Å². The van der Waals surface area contributed by atoms with Crippen LogP contribution in [0.15, 0.2) is 6.07 Å². The summed E-state index contributed by atoms with van der Waals surface area (Å²) in [7, 11) is 0. The molecule has 1 aliphatic rings. The number of thioether (sulfide) groups is 1. The summed E-state index contributed by atoms with van der Waals surface area (Å²) in [6.45, 7) is 14.8. The Morgan fingerprint density at radius 3 is 2.63 bits per heavy atom. The fraction of sp³-hybridized carbons (Fsp3) is 0.733. The van der Waals surface area contributed by atoms with Gasteiger partial charge in [-0.15, -0.1) is 11.3 Å². The van der Waals surface area contributed by atoms with Crippen molar-refractivity contribution in [1.82, 2.24) is 10.2 Å². The average Bonchev–Trinajstić information content (AvgIpc) is 2.66. The molecule has 1 aromatic rings. The van der Waals surface area contributed by atoms with Crippen LogP contribution in [0.2, 0.25) is 0 Å². The number of rotatable bonds is 5. The van der Waals surface area contributed by atoms with Gasteiger partial charge in [0.25, 0.3) is 0 Å². The second kappa shape index (κ2) is 7.11. The Kier molecular flexibility index (Phi) is 5.75. The van der Waals surface area contributed by atoms with Crippen molar-refractivity contribution in [2.75, 3.05) is 19.6 Å². The van der Waals surface area contributed by atoms with Gasteiger partial charge in [0.05, 0.1) is 0 Å². The van der Waals surface area contributed by atoms with Crippen LogP contribution in [0.25, 0.3) is 0 Å². The summed E-state index contributed by atoms with van der Waals surface area (Å²) < 4.78 is 0. The van der Waals surface area contributed by atoms with E-state index in [2.05, 4.69) is 55.7 Å². The minimum atomic E-state index is 0.768. The lowest BCUT2D eigenvalue weighted by molar-refractivity contribution is 0.263. The van der Waals surface area contributed by atoms with Crippen LogP contribution in [0.1, 0.15) is 36.1 Å². The molecule has 0 bridgehead atoms. The van der Waals surface area contributed by atoms with Gasteiger partial charge in [-0.25, -0.2) is 0 Å². The number of nitrogens with zero attached hydrogens (tertiary/aromatic N) is 1. The number of thiophene rings is 1. The molecule has 1 aliphatic heterocycles. The zero-order valence-corrected chi connectivity index (χ0v) is 14.2. The Morgan fingerprint density at radius 1 is 1.32 bits per heavy atom. The molecule has 0 aromatic carbocycles. The fourth-order valence-electron chi connectivity index (χ4n) is 2.73. The number of hydrogen-bond acceptors (Lipinski definition) is 4. The summed E-state index contributed by atoms with van der Waals surface area (Å²) in [5, 5.41) is 4.95.